The molecule has 2 aromatic carbocycles. The number of amides is 1. The summed E-state index contributed by atoms with van der Waals surface area (Å²) in [7, 11) is 0. The smallest absolute Gasteiger partial charge is 0.379 e. The number of aromatic nitrogens is 1. The van der Waals surface area contributed by atoms with Crippen LogP contribution in [0.1, 0.15) is 41.5 Å². The first kappa shape index (κ1) is 24.3. The van der Waals surface area contributed by atoms with Crippen molar-refractivity contribution in [3.63, 3.8) is 0 Å². The van der Waals surface area contributed by atoms with E-state index in [0.717, 1.165) is 60.2 Å². The molecule has 0 spiro atoms. The Morgan fingerprint density at radius 3 is 2.56 bits per heavy atom. The number of H-pyrrole nitrogens is 1. The number of benzene rings is 2. The van der Waals surface area contributed by atoms with Crippen molar-refractivity contribution in [2.24, 2.45) is 0 Å². The van der Waals surface area contributed by atoms with E-state index in [2.05, 4.69) is 22.1 Å². The summed E-state index contributed by atoms with van der Waals surface area (Å²) in [5, 5.41) is 3.98. The van der Waals surface area contributed by atoms with Crippen LogP contribution in [0.25, 0.3) is 10.9 Å². The topological polar surface area (TPSA) is 57.4 Å². The summed E-state index contributed by atoms with van der Waals surface area (Å²) in [5.74, 6) is -0.495. The normalized spacial score (nSPS) is 16.0. The maximum atomic E-state index is 13.1. The minimum absolute atomic E-state index is 0.126. The molecule has 1 aliphatic heterocycles. The van der Waals surface area contributed by atoms with Gasteiger partial charge in [0.05, 0.1) is 18.8 Å². The van der Waals surface area contributed by atoms with Gasteiger partial charge < -0.3 is 15.0 Å². The van der Waals surface area contributed by atoms with Crippen molar-refractivity contribution in [2.45, 2.75) is 31.9 Å². The van der Waals surface area contributed by atoms with E-state index in [9.17, 15) is 18.0 Å². The molecule has 1 atom stereocenters. The Morgan fingerprint density at radius 1 is 1.15 bits per heavy atom. The molecule has 0 saturated carbocycles. The molecule has 0 aliphatic carbocycles. The van der Waals surface area contributed by atoms with Crippen LogP contribution < -0.4 is 5.32 Å². The van der Waals surface area contributed by atoms with Gasteiger partial charge >= 0.3 is 6.18 Å². The van der Waals surface area contributed by atoms with Crippen molar-refractivity contribution in [3.05, 3.63) is 70.9 Å². The molecule has 0 bridgehead atoms. The number of hydrogen-bond acceptors (Lipinski definition) is 3. The first-order valence-corrected chi connectivity index (χ1v) is 11.7. The van der Waals surface area contributed by atoms with E-state index in [1.165, 1.54) is 12.1 Å². The molecule has 8 heteroatoms. The minimum Gasteiger partial charge on any atom is -0.379 e. The van der Waals surface area contributed by atoms with E-state index < -0.39 is 11.7 Å². The zero-order valence-corrected chi connectivity index (χ0v) is 19.3. The van der Waals surface area contributed by atoms with E-state index in [0.29, 0.717) is 25.3 Å². The maximum Gasteiger partial charge on any atom is 0.416 e. The summed E-state index contributed by atoms with van der Waals surface area (Å²) < 4.78 is 44.7. The number of morpholine rings is 1. The van der Waals surface area contributed by atoms with Gasteiger partial charge in [-0.25, -0.2) is 0 Å². The van der Waals surface area contributed by atoms with Gasteiger partial charge in [-0.3, -0.25) is 9.69 Å². The van der Waals surface area contributed by atoms with Crippen molar-refractivity contribution in [3.8, 4) is 0 Å². The second-order valence-corrected chi connectivity index (χ2v) is 8.62. The first-order chi connectivity index (χ1) is 16.4. The number of alkyl halides is 3. The van der Waals surface area contributed by atoms with Crippen LogP contribution in [0.5, 0.6) is 0 Å². The van der Waals surface area contributed by atoms with E-state index >= 15 is 0 Å². The number of nitrogens with zero attached hydrogens (tertiary/aromatic N) is 1. The van der Waals surface area contributed by atoms with Crippen molar-refractivity contribution in [2.75, 3.05) is 39.4 Å². The van der Waals surface area contributed by atoms with Crippen LogP contribution in [0.3, 0.4) is 0 Å². The van der Waals surface area contributed by atoms with Crippen LogP contribution in [0.2, 0.25) is 0 Å². The molecule has 0 radical (unpaired) electrons. The molecule has 1 amide bonds. The van der Waals surface area contributed by atoms with Crippen LogP contribution in [-0.2, 0) is 22.1 Å². The van der Waals surface area contributed by atoms with Gasteiger partial charge in [-0.1, -0.05) is 37.3 Å². The Hall–Kier alpha value is -2.84. The van der Waals surface area contributed by atoms with Gasteiger partial charge in [0.1, 0.15) is 0 Å². The molecule has 5 nitrogen and oxygen atoms in total. The summed E-state index contributed by atoms with van der Waals surface area (Å²) in [4.78, 5) is 18.5. The summed E-state index contributed by atoms with van der Waals surface area (Å²) in [6.45, 7) is 6.43. The average molecular weight is 474 g/mol. The Bertz CT molecular complexity index is 1100. The van der Waals surface area contributed by atoms with Gasteiger partial charge in [-0.15, -0.1) is 0 Å². The van der Waals surface area contributed by atoms with Crippen molar-refractivity contribution in [1.29, 1.82) is 0 Å². The van der Waals surface area contributed by atoms with Crippen LogP contribution in [-0.4, -0.2) is 55.2 Å². The third kappa shape index (κ3) is 5.62. The molecule has 34 heavy (non-hydrogen) atoms. The zero-order valence-electron chi connectivity index (χ0n) is 19.3. The van der Waals surface area contributed by atoms with Gasteiger partial charge in [0.2, 0.25) is 5.91 Å². The fourth-order valence-corrected chi connectivity index (χ4v) is 4.57. The summed E-state index contributed by atoms with van der Waals surface area (Å²) in [6, 6.07) is 11.2. The number of hydrogen-bond donors (Lipinski definition) is 2. The van der Waals surface area contributed by atoms with E-state index in [4.69, 9.17) is 4.74 Å². The predicted octanol–water partition coefficient (Wildman–Crippen LogP) is 4.72. The number of carbonyl (C=O) groups excluding carboxylic acids is 1. The predicted molar refractivity (Wildman–Crippen MR) is 126 cm³/mol. The van der Waals surface area contributed by atoms with E-state index in [1.807, 2.05) is 24.4 Å². The highest BCUT2D eigenvalue weighted by Gasteiger charge is 2.31. The third-order valence-electron chi connectivity index (χ3n) is 6.47. The van der Waals surface area contributed by atoms with Gasteiger partial charge in [-0.2, -0.15) is 13.2 Å². The average Bonchev–Trinajstić information content (AvgIpc) is 3.27. The Morgan fingerprint density at radius 2 is 1.88 bits per heavy atom. The van der Waals surface area contributed by atoms with Crippen LogP contribution in [0.4, 0.5) is 13.2 Å². The molecule has 182 valence electrons. The summed E-state index contributed by atoms with van der Waals surface area (Å²) >= 11 is 0. The monoisotopic (exact) mass is 473 g/mol. The minimum atomic E-state index is -4.40. The fourth-order valence-electron chi connectivity index (χ4n) is 4.57. The number of para-hydroxylation sites is 1. The highest BCUT2D eigenvalue weighted by Crippen LogP contribution is 2.36. The molecule has 3 aromatic rings. The maximum absolute atomic E-state index is 13.1. The quantitative estimate of drug-likeness (QED) is 0.498. The molecule has 1 saturated heterocycles. The Labute approximate surface area is 197 Å². The molecule has 0 unspecified atom stereocenters. The Kier molecular flexibility index (Phi) is 7.58. The largest absolute Gasteiger partial charge is 0.416 e. The number of aromatic amines is 1. The van der Waals surface area contributed by atoms with E-state index in [-0.39, 0.29) is 18.2 Å². The van der Waals surface area contributed by atoms with E-state index in [1.54, 1.807) is 0 Å². The number of aryl methyl sites for hydroxylation is 1. The van der Waals surface area contributed by atoms with Gasteiger partial charge in [0.15, 0.2) is 0 Å². The summed E-state index contributed by atoms with van der Waals surface area (Å²) in [5.41, 5.74) is 3.05. The standard InChI is InChI=1S/C26H30F3N3O2/c1-2-18-4-3-5-21-23(17-31-25(18)21)22(19-6-8-20(9-7-19)26(27,28)29)16-24(33)30-10-11-32-12-14-34-15-13-32/h3-9,17,22,31H,2,10-16H2,1H3,(H,30,33)/t22-/m1/s1. The van der Waals surface area contributed by atoms with Crippen molar-refractivity contribution >= 4 is 16.8 Å². The molecule has 1 aromatic heterocycles. The zero-order chi connectivity index (χ0) is 24.1. The van der Waals surface area contributed by atoms with Crippen molar-refractivity contribution < 1.29 is 22.7 Å². The lowest BCUT2D eigenvalue weighted by atomic mass is 9.87. The number of fused-ring (bicyclic) bond motifs is 1. The first-order valence-electron chi connectivity index (χ1n) is 11.7. The molecule has 1 aliphatic rings. The highest BCUT2D eigenvalue weighted by atomic mass is 19.4. The van der Waals surface area contributed by atoms with Crippen LogP contribution >= 0.6 is 0 Å². The number of halogens is 3. The number of carbonyl (C=O) groups is 1. The lowest BCUT2D eigenvalue weighted by Crippen LogP contribution is -2.41. The fraction of sp³-hybridized carbons (Fsp3) is 0.423. The van der Waals surface area contributed by atoms with Gasteiger partial charge in [-0.05, 0) is 35.2 Å². The SMILES string of the molecule is CCc1cccc2c([C@H](CC(=O)NCCN3CCOCC3)c3ccc(C(F)(F)F)cc3)c[nH]c12. The van der Waals surface area contributed by atoms with Gasteiger partial charge in [0, 0.05) is 55.6 Å². The molecule has 2 N–H and O–H groups in total. The molecular weight excluding hydrogens is 443 g/mol. The van der Waals surface area contributed by atoms with Crippen LogP contribution in [0.15, 0.2) is 48.7 Å². The molecule has 1 fully saturated rings. The number of nitrogens with one attached hydrogen (secondary N) is 2. The molecular formula is C26H30F3N3O2. The highest BCUT2D eigenvalue weighted by molar-refractivity contribution is 5.88. The lowest BCUT2D eigenvalue weighted by molar-refractivity contribution is -0.137. The second kappa shape index (κ2) is 10.6. The summed E-state index contributed by atoms with van der Waals surface area (Å²) in [6.07, 6.45) is -1.52. The van der Waals surface area contributed by atoms with Crippen molar-refractivity contribution in [1.82, 2.24) is 15.2 Å². The number of rotatable bonds is 8. The third-order valence-corrected chi connectivity index (χ3v) is 6.47. The molecule has 2 heterocycles. The molecule has 4 rings (SSSR count). The van der Waals surface area contributed by atoms with Gasteiger partial charge in [0.25, 0.3) is 0 Å². The number of ether oxygens (including phenoxy) is 1. The second-order valence-electron chi connectivity index (χ2n) is 8.62. The Balaban J connectivity index is 1.56. The van der Waals surface area contributed by atoms with Crippen LogP contribution in [0, 0.1) is 0 Å². The lowest BCUT2D eigenvalue weighted by Gasteiger charge is -2.26.